The summed E-state index contributed by atoms with van der Waals surface area (Å²) in [4.78, 5) is 0. The summed E-state index contributed by atoms with van der Waals surface area (Å²) in [6.45, 7) is 6.05. The normalized spacial score (nSPS) is 12.1. The number of alkyl halides is 3. The third-order valence-electron chi connectivity index (χ3n) is 4.13. The molecule has 0 radical (unpaired) electrons. The van der Waals surface area contributed by atoms with Crippen molar-refractivity contribution in [2.45, 2.75) is 90.5 Å². The van der Waals surface area contributed by atoms with Crippen molar-refractivity contribution in [3.8, 4) is 17.2 Å². The summed E-state index contributed by atoms with van der Waals surface area (Å²) in [6.07, 6.45) is 5.07. The molecule has 0 heterocycles. The van der Waals surface area contributed by atoms with E-state index in [1.54, 1.807) is 20.8 Å². The number of unbranched alkanes of at least 4 members (excludes halogenated alkanes) is 8. The summed E-state index contributed by atoms with van der Waals surface area (Å²) < 4.78 is 53.1. The largest absolute Gasteiger partial charge is 0.573 e. The van der Waals surface area contributed by atoms with E-state index >= 15 is 0 Å². The minimum Gasteiger partial charge on any atom is -0.493 e. The predicted octanol–water partition coefficient (Wildman–Crippen LogP) is 6.64. The first-order valence-electron chi connectivity index (χ1n) is 10.4. The van der Waals surface area contributed by atoms with E-state index in [-0.39, 0.29) is 18.1 Å². The van der Waals surface area contributed by atoms with Crippen molar-refractivity contribution < 1.29 is 32.5 Å². The lowest BCUT2D eigenvalue weighted by Crippen LogP contribution is -2.24. The van der Waals surface area contributed by atoms with Gasteiger partial charge < -0.3 is 19.3 Å². The second-order valence-electron chi connectivity index (χ2n) is 8.12. The van der Waals surface area contributed by atoms with Crippen LogP contribution in [0.25, 0.3) is 0 Å². The summed E-state index contributed by atoms with van der Waals surface area (Å²) in [5, 5.41) is 8.72. The van der Waals surface area contributed by atoms with Crippen molar-refractivity contribution in [1.82, 2.24) is 0 Å². The van der Waals surface area contributed by atoms with Crippen molar-refractivity contribution in [2.75, 3.05) is 13.2 Å². The number of aliphatic hydroxyl groups is 1. The first-order chi connectivity index (χ1) is 13.6. The molecule has 4 nitrogen and oxygen atoms in total. The van der Waals surface area contributed by atoms with E-state index in [2.05, 4.69) is 4.74 Å². The van der Waals surface area contributed by atoms with Crippen molar-refractivity contribution in [3.63, 3.8) is 0 Å². The monoisotopic (exact) mass is 420 g/mol. The Hall–Kier alpha value is -1.63. The molecule has 0 aliphatic carbocycles. The quantitative estimate of drug-likeness (QED) is 0.343. The highest BCUT2D eigenvalue weighted by Crippen LogP contribution is 2.37. The van der Waals surface area contributed by atoms with Crippen LogP contribution in [0.5, 0.6) is 17.2 Å². The molecular weight excluding hydrogens is 385 g/mol. The van der Waals surface area contributed by atoms with Gasteiger partial charge in [0, 0.05) is 12.7 Å². The van der Waals surface area contributed by atoms with Gasteiger partial charge in [0.1, 0.15) is 11.4 Å². The maximum absolute atomic E-state index is 12.6. The van der Waals surface area contributed by atoms with Gasteiger partial charge in [0.15, 0.2) is 11.5 Å². The molecule has 0 aliphatic rings. The van der Waals surface area contributed by atoms with Crippen LogP contribution < -0.4 is 14.2 Å². The molecule has 0 aliphatic heterocycles. The van der Waals surface area contributed by atoms with Crippen LogP contribution in [0.1, 0.15) is 78.6 Å². The average molecular weight is 421 g/mol. The number of aliphatic hydroxyl groups excluding tert-OH is 1. The number of rotatable bonds is 14. The summed E-state index contributed by atoms with van der Waals surface area (Å²) in [6, 6.07) is 4.13. The fourth-order valence-electron chi connectivity index (χ4n) is 2.84. The lowest BCUT2D eigenvalue weighted by Gasteiger charge is -2.24. The van der Waals surface area contributed by atoms with Gasteiger partial charge in [-0.05, 0) is 45.7 Å². The van der Waals surface area contributed by atoms with Crippen molar-refractivity contribution in [3.05, 3.63) is 18.2 Å². The Labute approximate surface area is 172 Å². The smallest absolute Gasteiger partial charge is 0.493 e. The molecule has 0 amide bonds. The molecule has 0 atom stereocenters. The van der Waals surface area contributed by atoms with Gasteiger partial charge in [0.2, 0.25) is 0 Å². The van der Waals surface area contributed by atoms with E-state index in [4.69, 9.17) is 14.6 Å². The summed E-state index contributed by atoms with van der Waals surface area (Å²) in [5.41, 5.74) is -0.666. The van der Waals surface area contributed by atoms with Gasteiger partial charge in [0.25, 0.3) is 0 Å². The standard InChI is InChI=1S/C22H35F3O4/c1-21(2,3)28-20-17-18(13-14-19(20)29-22(23,24)25)27-16-12-10-8-6-4-5-7-9-11-15-26/h13-14,17,26H,4-12,15-16H2,1-3H3. The molecule has 168 valence electrons. The van der Waals surface area contributed by atoms with Gasteiger partial charge in [-0.3, -0.25) is 0 Å². The molecule has 1 aromatic carbocycles. The minimum atomic E-state index is -4.78. The van der Waals surface area contributed by atoms with E-state index < -0.39 is 12.0 Å². The zero-order valence-electron chi connectivity index (χ0n) is 17.8. The summed E-state index contributed by atoms with van der Waals surface area (Å²) in [5.74, 6) is 0.0925. The molecule has 0 saturated carbocycles. The Morgan fingerprint density at radius 2 is 1.31 bits per heavy atom. The molecule has 0 unspecified atom stereocenters. The second-order valence-corrected chi connectivity index (χ2v) is 8.12. The van der Waals surface area contributed by atoms with Crippen molar-refractivity contribution >= 4 is 0 Å². The second kappa shape index (κ2) is 12.8. The van der Waals surface area contributed by atoms with Crippen LogP contribution in [0, 0.1) is 0 Å². The van der Waals surface area contributed by atoms with Crippen molar-refractivity contribution in [1.29, 1.82) is 0 Å². The predicted molar refractivity (Wildman–Crippen MR) is 108 cm³/mol. The number of ether oxygens (including phenoxy) is 3. The lowest BCUT2D eigenvalue weighted by molar-refractivity contribution is -0.275. The Kier molecular flexibility index (Phi) is 11.2. The van der Waals surface area contributed by atoms with Crippen LogP contribution in [-0.2, 0) is 0 Å². The van der Waals surface area contributed by atoms with E-state index in [9.17, 15) is 13.2 Å². The Bertz CT molecular complexity index is 568. The molecule has 0 fully saturated rings. The highest BCUT2D eigenvalue weighted by atomic mass is 19.4. The first kappa shape index (κ1) is 25.4. The van der Waals surface area contributed by atoms with E-state index in [0.29, 0.717) is 12.4 Å². The zero-order chi connectivity index (χ0) is 21.8. The van der Waals surface area contributed by atoms with Gasteiger partial charge in [-0.25, -0.2) is 0 Å². The Balaban J connectivity index is 2.37. The molecule has 1 N–H and O–H groups in total. The highest BCUT2D eigenvalue weighted by Gasteiger charge is 2.33. The molecule has 0 bridgehead atoms. The molecule has 29 heavy (non-hydrogen) atoms. The number of hydrogen-bond acceptors (Lipinski definition) is 4. The summed E-state index contributed by atoms with van der Waals surface area (Å²) >= 11 is 0. The van der Waals surface area contributed by atoms with Crippen LogP contribution in [0.3, 0.4) is 0 Å². The molecule has 0 aromatic heterocycles. The molecule has 1 rings (SSSR count). The van der Waals surface area contributed by atoms with Crippen LogP contribution in [0.4, 0.5) is 13.2 Å². The fraction of sp³-hybridized carbons (Fsp3) is 0.727. The topological polar surface area (TPSA) is 47.9 Å². The van der Waals surface area contributed by atoms with E-state index in [0.717, 1.165) is 32.1 Å². The van der Waals surface area contributed by atoms with E-state index in [1.165, 1.54) is 43.9 Å². The number of hydrogen-bond donors (Lipinski definition) is 1. The third kappa shape index (κ3) is 13.3. The van der Waals surface area contributed by atoms with Crippen LogP contribution in [-0.4, -0.2) is 30.3 Å². The third-order valence-corrected chi connectivity index (χ3v) is 4.13. The van der Waals surface area contributed by atoms with Crippen molar-refractivity contribution in [2.24, 2.45) is 0 Å². The zero-order valence-corrected chi connectivity index (χ0v) is 17.8. The maximum atomic E-state index is 12.6. The van der Waals surface area contributed by atoms with Crippen LogP contribution in [0.2, 0.25) is 0 Å². The van der Waals surface area contributed by atoms with Gasteiger partial charge in [-0.1, -0.05) is 44.9 Å². The lowest BCUT2D eigenvalue weighted by atomic mass is 10.1. The number of benzene rings is 1. The molecule has 7 heteroatoms. The fourth-order valence-corrected chi connectivity index (χ4v) is 2.84. The van der Waals surface area contributed by atoms with Crippen LogP contribution >= 0.6 is 0 Å². The maximum Gasteiger partial charge on any atom is 0.573 e. The van der Waals surface area contributed by atoms with Gasteiger partial charge in [-0.2, -0.15) is 0 Å². The molecule has 1 aromatic rings. The first-order valence-corrected chi connectivity index (χ1v) is 10.4. The highest BCUT2D eigenvalue weighted by molar-refractivity contribution is 5.46. The van der Waals surface area contributed by atoms with Gasteiger partial charge in [-0.15, -0.1) is 13.2 Å². The number of halogens is 3. The van der Waals surface area contributed by atoms with Gasteiger partial charge >= 0.3 is 6.36 Å². The molecular formula is C22H35F3O4. The van der Waals surface area contributed by atoms with E-state index in [1.807, 2.05) is 0 Å². The SMILES string of the molecule is CC(C)(C)Oc1cc(OCCCCCCCCCCCO)ccc1OC(F)(F)F. The van der Waals surface area contributed by atoms with Crippen LogP contribution in [0.15, 0.2) is 18.2 Å². The Morgan fingerprint density at radius 1 is 0.759 bits per heavy atom. The molecule has 0 spiro atoms. The average Bonchev–Trinajstić information content (AvgIpc) is 2.59. The molecule has 0 saturated heterocycles. The Morgan fingerprint density at radius 3 is 1.83 bits per heavy atom. The van der Waals surface area contributed by atoms with Gasteiger partial charge in [0.05, 0.1) is 6.61 Å². The summed E-state index contributed by atoms with van der Waals surface area (Å²) in [7, 11) is 0. The minimum absolute atomic E-state index is 0.00789.